The van der Waals surface area contributed by atoms with E-state index in [2.05, 4.69) is 32.9 Å². The lowest BCUT2D eigenvalue weighted by molar-refractivity contribution is 0.103. The van der Waals surface area contributed by atoms with Crippen molar-refractivity contribution in [3.63, 3.8) is 0 Å². The number of rotatable bonds is 2. The molecule has 1 amide bonds. The largest absolute Gasteiger partial charge is 0.320 e. The zero-order valence-electron chi connectivity index (χ0n) is 8.83. The van der Waals surface area contributed by atoms with Crippen molar-refractivity contribution < 1.29 is 4.79 Å². The van der Waals surface area contributed by atoms with Gasteiger partial charge in [0.15, 0.2) is 0 Å². The van der Waals surface area contributed by atoms with Gasteiger partial charge in [-0.3, -0.25) is 4.79 Å². The molecule has 2 aromatic rings. The summed E-state index contributed by atoms with van der Waals surface area (Å²) in [4.78, 5) is 16.6. The topological polar surface area (TPSA) is 42.0 Å². The highest BCUT2D eigenvalue weighted by molar-refractivity contribution is 14.1. The Morgan fingerprint density at radius 3 is 2.88 bits per heavy atom. The highest BCUT2D eigenvalue weighted by atomic mass is 127. The van der Waals surface area contributed by atoms with Crippen molar-refractivity contribution >= 4 is 57.1 Å². The predicted octanol–water partition coefficient (Wildman–Crippen LogP) is 3.96. The van der Waals surface area contributed by atoms with Crippen molar-refractivity contribution in [1.29, 1.82) is 0 Å². The van der Waals surface area contributed by atoms with Crippen LogP contribution in [-0.2, 0) is 0 Å². The fourth-order valence-electron chi connectivity index (χ4n) is 1.29. The zero-order chi connectivity index (χ0) is 12.4. The Bertz CT molecular complexity index is 570. The third-order valence-corrected chi connectivity index (χ3v) is 4.04. The number of carbonyl (C=O) groups is 1. The number of benzene rings is 1. The number of halogens is 2. The van der Waals surface area contributed by atoms with E-state index in [1.165, 1.54) is 11.3 Å². The second kappa shape index (κ2) is 5.32. The third-order valence-electron chi connectivity index (χ3n) is 2.13. The minimum Gasteiger partial charge on any atom is -0.320 e. The molecule has 0 aliphatic rings. The van der Waals surface area contributed by atoms with Crippen LogP contribution in [0.4, 0.5) is 5.69 Å². The maximum absolute atomic E-state index is 11.9. The van der Waals surface area contributed by atoms with E-state index >= 15 is 0 Å². The molecule has 0 spiro atoms. The first-order valence-electron chi connectivity index (χ1n) is 4.74. The number of hydrogen-bond acceptors (Lipinski definition) is 3. The number of nitrogens with zero attached hydrogens (tertiary/aromatic N) is 1. The first-order chi connectivity index (χ1) is 8.08. The van der Waals surface area contributed by atoms with Gasteiger partial charge in [-0.1, -0.05) is 11.6 Å². The van der Waals surface area contributed by atoms with E-state index in [0.717, 1.165) is 9.26 Å². The van der Waals surface area contributed by atoms with Crippen molar-refractivity contribution in [3.8, 4) is 0 Å². The van der Waals surface area contributed by atoms with Crippen LogP contribution in [-0.4, -0.2) is 10.9 Å². The van der Waals surface area contributed by atoms with Crippen LogP contribution in [0.2, 0.25) is 5.02 Å². The van der Waals surface area contributed by atoms with Crippen LogP contribution in [0.15, 0.2) is 23.7 Å². The summed E-state index contributed by atoms with van der Waals surface area (Å²) >= 11 is 9.53. The maximum Gasteiger partial charge on any atom is 0.267 e. The summed E-state index contributed by atoms with van der Waals surface area (Å²) in [5.41, 5.74) is 3.00. The predicted molar refractivity (Wildman–Crippen MR) is 79.0 cm³/mol. The lowest BCUT2D eigenvalue weighted by atomic mass is 10.3. The van der Waals surface area contributed by atoms with Gasteiger partial charge in [0.25, 0.3) is 5.91 Å². The number of aromatic nitrogens is 1. The van der Waals surface area contributed by atoms with Crippen LogP contribution >= 0.6 is 45.5 Å². The Morgan fingerprint density at radius 1 is 1.53 bits per heavy atom. The molecule has 6 heteroatoms. The fourth-order valence-corrected chi connectivity index (χ4v) is 2.89. The summed E-state index contributed by atoms with van der Waals surface area (Å²) in [6.07, 6.45) is 0. The average Bonchev–Trinajstić information content (AvgIpc) is 2.68. The van der Waals surface area contributed by atoms with Crippen LogP contribution in [0.5, 0.6) is 0 Å². The van der Waals surface area contributed by atoms with Gasteiger partial charge in [-0.15, -0.1) is 11.3 Å². The molecule has 1 N–H and O–H groups in total. The molecular formula is C11H8ClIN2OS. The lowest BCUT2D eigenvalue weighted by Gasteiger charge is -2.06. The molecule has 0 radical (unpaired) electrons. The number of thiazole rings is 1. The van der Waals surface area contributed by atoms with E-state index in [1.54, 1.807) is 24.6 Å². The van der Waals surface area contributed by atoms with Gasteiger partial charge in [0, 0.05) is 3.57 Å². The molecule has 0 fully saturated rings. The Kier molecular flexibility index (Phi) is 4.01. The van der Waals surface area contributed by atoms with Gasteiger partial charge in [-0.05, 0) is 47.7 Å². The molecule has 88 valence electrons. The van der Waals surface area contributed by atoms with Gasteiger partial charge >= 0.3 is 0 Å². The molecule has 0 aliphatic carbocycles. The summed E-state index contributed by atoms with van der Waals surface area (Å²) in [6.45, 7) is 1.81. The lowest BCUT2D eigenvalue weighted by Crippen LogP contribution is -2.11. The van der Waals surface area contributed by atoms with E-state index in [0.29, 0.717) is 15.6 Å². The van der Waals surface area contributed by atoms with Crippen LogP contribution < -0.4 is 5.32 Å². The first-order valence-corrected chi connectivity index (χ1v) is 7.08. The molecule has 2 rings (SSSR count). The smallest absolute Gasteiger partial charge is 0.267 e. The van der Waals surface area contributed by atoms with Gasteiger partial charge < -0.3 is 5.32 Å². The summed E-state index contributed by atoms with van der Waals surface area (Å²) < 4.78 is 1.03. The number of amides is 1. The molecule has 1 aromatic heterocycles. The van der Waals surface area contributed by atoms with Crippen molar-refractivity contribution in [2.24, 2.45) is 0 Å². The zero-order valence-corrected chi connectivity index (χ0v) is 12.6. The van der Waals surface area contributed by atoms with Crippen LogP contribution in [0.3, 0.4) is 0 Å². The van der Waals surface area contributed by atoms with Gasteiger partial charge in [0.2, 0.25) is 0 Å². The Morgan fingerprint density at radius 2 is 2.29 bits per heavy atom. The second-order valence-corrected chi connectivity index (χ2v) is 5.85. The molecule has 3 nitrogen and oxygen atoms in total. The van der Waals surface area contributed by atoms with Gasteiger partial charge in [-0.25, -0.2) is 4.98 Å². The number of hydrogen-bond donors (Lipinski definition) is 1. The average molecular weight is 379 g/mol. The van der Waals surface area contributed by atoms with E-state index in [1.807, 2.05) is 6.07 Å². The summed E-state index contributed by atoms with van der Waals surface area (Å²) in [5, 5.41) is 3.31. The number of aryl methyl sites for hydroxylation is 1. The standard InChI is InChI=1S/C11H8ClIN2OS/c1-6-10(17-5-14-6)11(16)15-9-3-2-7(13)4-8(9)12/h2-5H,1H3,(H,15,16). The van der Waals surface area contributed by atoms with Crippen molar-refractivity contribution in [3.05, 3.63) is 42.9 Å². The molecule has 0 saturated carbocycles. The van der Waals surface area contributed by atoms with E-state index in [-0.39, 0.29) is 5.91 Å². The highest BCUT2D eigenvalue weighted by Crippen LogP contribution is 2.25. The van der Waals surface area contributed by atoms with E-state index in [4.69, 9.17) is 11.6 Å². The molecule has 1 heterocycles. The number of carbonyl (C=O) groups excluding carboxylic acids is 1. The molecule has 1 aromatic carbocycles. The van der Waals surface area contributed by atoms with Crippen LogP contribution in [0, 0.1) is 10.5 Å². The van der Waals surface area contributed by atoms with Crippen LogP contribution in [0.25, 0.3) is 0 Å². The monoisotopic (exact) mass is 378 g/mol. The number of nitrogens with one attached hydrogen (secondary N) is 1. The quantitative estimate of drug-likeness (QED) is 0.804. The maximum atomic E-state index is 11.9. The Balaban J connectivity index is 2.22. The van der Waals surface area contributed by atoms with E-state index in [9.17, 15) is 4.79 Å². The van der Waals surface area contributed by atoms with Crippen molar-refractivity contribution in [2.45, 2.75) is 6.92 Å². The SMILES string of the molecule is Cc1ncsc1C(=O)Nc1ccc(I)cc1Cl. The summed E-state index contributed by atoms with van der Waals surface area (Å²) in [6, 6.07) is 5.48. The summed E-state index contributed by atoms with van der Waals surface area (Å²) in [5.74, 6) is -0.173. The third kappa shape index (κ3) is 2.97. The Hall–Kier alpha value is -0.660. The molecule has 0 unspecified atom stereocenters. The van der Waals surface area contributed by atoms with Gasteiger partial charge in [0.1, 0.15) is 4.88 Å². The summed E-state index contributed by atoms with van der Waals surface area (Å²) in [7, 11) is 0. The Labute approximate surface area is 121 Å². The minimum atomic E-state index is -0.173. The fraction of sp³-hybridized carbons (Fsp3) is 0.0909. The van der Waals surface area contributed by atoms with Crippen molar-refractivity contribution in [1.82, 2.24) is 4.98 Å². The van der Waals surface area contributed by atoms with Crippen molar-refractivity contribution in [2.75, 3.05) is 5.32 Å². The molecular weight excluding hydrogens is 371 g/mol. The van der Waals surface area contributed by atoms with E-state index < -0.39 is 0 Å². The normalized spacial score (nSPS) is 10.3. The molecule has 17 heavy (non-hydrogen) atoms. The van der Waals surface area contributed by atoms with Gasteiger partial charge in [-0.2, -0.15) is 0 Å². The molecule has 0 aliphatic heterocycles. The molecule has 0 saturated heterocycles. The first kappa shape index (κ1) is 12.8. The highest BCUT2D eigenvalue weighted by Gasteiger charge is 2.13. The minimum absolute atomic E-state index is 0.173. The number of anilines is 1. The molecule has 0 bridgehead atoms. The molecule has 0 atom stereocenters. The van der Waals surface area contributed by atoms with Gasteiger partial charge in [0.05, 0.1) is 21.9 Å². The second-order valence-electron chi connectivity index (χ2n) is 3.35. The van der Waals surface area contributed by atoms with Crippen LogP contribution in [0.1, 0.15) is 15.4 Å².